The first-order valence-corrected chi connectivity index (χ1v) is 14.1. The van der Waals surface area contributed by atoms with E-state index in [4.69, 9.17) is 16.3 Å². The molecule has 1 aromatic carbocycles. The zero-order valence-corrected chi connectivity index (χ0v) is 24.8. The first kappa shape index (κ1) is 30.5. The van der Waals surface area contributed by atoms with Crippen LogP contribution >= 0.6 is 11.6 Å². The van der Waals surface area contributed by atoms with Crippen LogP contribution < -0.4 is 4.74 Å². The highest BCUT2D eigenvalue weighted by Gasteiger charge is 2.33. The quantitative estimate of drug-likeness (QED) is 0.563. The average molecular weight is 560 g/mol. The van der Waals surface area contributed by atoms with Crippen LogP contribution in [0.25, 0.3) is 0 Å². The van der Waals surface area contributed by atoms with Crippen LogP contribution in [0.5, 0.6) is 5.75 Å². The van der Waals surface area contributed by atoms with Crippen molar-refractivity contribution in [2.45, 2.75) is 66.0 Å². The lowest BCUT2D eigenvalue weighted by Gasteiger charge is -2.33. The van der Waals surface area contributed by atoms with Gasteiger partial charge in [0.05, 0.1) is 17.9 Å². The summed E-state index contributed by atoms with van der Waals surface area (Å²) in [6, 6.07) is 6.30. The number of rotatable bonds is 3. The molecule has 1 aliphatic heterocycles. The summed E-state index contributed by atoms with van der Waals surface area (Å²) in [5, 5.41) is 4.86. The molecular weight excluding hydrogens is 518 g/mol. The van der Waals surface area contributed by atoms with Crippen LogP contribution in [0.4, 0.5) is 0 Å². The van der Waals surface area contributed by atoms with Crippen molar-refractivity contribution < 1.29 is 19.1 Å². The maximum Gasteiger partial charge on any atom is 0.258 e. The molecule has 1 atom stereocenters. The van der Waals surface area contributed by atoms with Crippen molar-refractivity contribution in [2.75, 3.05) is 40.3 Å². The molecule has 3 amide bonds. The molecule has 1 aromatic heterocycles. The molecule has 0 bridgehead atoms. The van der Waals surface area contributed by atoms with Crippen molar-refractivity contribution in [3.63, 3.8) is 0 Å². The molecule has 0 radical (unpaired) electrons. The van der Waals surface area contributed by atoms with Gasteiger partial charge in [-0.1, -0.05) is 25.4 Å². The van der Waals surface area contributed by atoms with E-state index in [-0.39, 0.29) is 30.2 Å². The van der Waals surface area contributed by atoms with Crippen LogP contribution in [0, 0.1) is 19.8 Å². The molecule has 0 unspecified atom stereocenters. The smallest absolute Gasteiger partial charge is 0.258 e. The second-order valence-electron chi connectivity index (χ2n) is 10.7. The van der Waals surface area contributed by atoms with E-state index < -0.39 is 6.04 Å². The number of benzene rings is 1. The third-order valence-electron chi connectivity index (χ3n) is 7.16. The van der Waals surface area contributed by atoms with Crippen LogP contribution in [0.1, 0.15) is 61.3 Å². The van der Waals surface area contributed by atoms with Crippen LogP contribution in [0.2, 0.25) is 5.02 Å². The molecule has 0 saturated carbocycles. The fourth-order valence-electron chi connectivity index (χ4n) is 5.01. The molecule has 0 saturated heterocycles. The molecule has 3 rings (SSSR count). The van der Waals surface area contributed by atoms with E-state index in [9.17, 15) is 14.4 Å². The van der Waals surface area contributed by atoms with E-state index in [2.05, 4.69) is 5.10 Å². The van der Waals surface area contributed by atoms with Gasteiger partial charge in [0.2, 0.25) is 11.8 Å². The van der Waals surface area contributed by atoms with Gasteiger partial charge in [-0.15, -0.1) is 0 Å². The van der Waals surface area contributed by atoms with Crippen LogP contribution in [-0.4, -0.2) is 88.6 Å². The Morgan fingerprint density at radius 3 is 2.36 bits per heavy atom. The molecule has 2 heterocycles. The van der Waals surface area contributed by atoms with Gasteiger partial charge >= 0.3 is 0 Å². The van der Waals surface area contributed by atoms with Crippen molar-refractivity contribution in [2.24, 2.45) is 5.92 Å². The van der Waals surface area contributed by atoms with E-state index >= 15 is 0 Å². The summed E-state index contributed by atoms with van der Waals surface area (Å²) in [6.45, 7) is 10.1. The third-order valence-corrected chi connectivity index (χ3v) is 7.40. The number of hydrogen-bond donors (Lipinski definition) is 0. The lowest BCUT2D eigenvalue weighted by Crippen LogP contribution is -2.51. The molecule has 2 aromatic rings. The Hall–Kier alpha value is -3.07. The SMILES string of the molecule is Cc1cc(C)n(CC(=O)N2CCCCOc3ccc(Cl)cc3C(=O)N(C)[C@@H](C(C)C)C(=O)N(C)CCCC2)n1. The number of amides is 3. The summed E-state index contributed by atoms with van der Waals surface area (Å²) in [7, 11) is 3.42. The minimum Gasteiger partial charge on any atom is -0.493 e. The Bertz CT molecular complexity index is 1160. The second kappa shape index (κ2) is 13.8. The van der Waals surface area contributed by atoms with E-state index in [1.54, 1.807) is 41.9 Å². The number of aromatic nitrogens is 2. The van der Waals surface area contributed by atoms with Gasteiger partial charge in [-0.3, -0.25) is 19.1 Å². The summed E-state index contributed by atoms with van der Waals surface area (Å²) in [5.74, 6) is -0.0646. The lowest BCUT2D eigenvalue weighted by atomic mass is 10.00. The zero-order valence-electron chi connectivity index (χ0n) is 24.1. The fourth-order valence-corrected chi connectivity index (χ4v) is 5.18. The van der Waals surface area contributed by atoms with E-state index in [1.165, 1.54) is 4.90 Å². The number of fused-ring (bicyclic) bond motifs is 1. The van der Waals surface area contributed by atoms with Crippen molar-refractivity contribution in [3.05, 3.63) is 46.2 Å². The average Bonchev–Trinajstić information content (AvgIpc) is 3.20. The molecule has 0 aliphatic carbocycles. The highest BCUT2D eigenvalue weighted by molar-refractivity contribution is 6.31. The number of nitrogens with zero attached hydrogens (tertiary/aromatic N) is 5. The molecule has 9 nitrogen and oxygen atoms in total. The molecule has 0 fully saturated rings. The van der Waals surface area contributed by atoms with Crippen LogP contribution in [0.3, 0.4) is 0 Å². The van der Waals surface area contributed by atoms with Crippen LogP contribution in [0.15, 0.2) is 24.3 Å². The number of halogens is 1. The largest absolute Gasteiger partial charge is 0.493 e. The van der Waals surface area contributed by atoms with Gasteiger partial charge in [-0.25, -0.2) is 0 Å². The normalized spacial score (nSPS) is 18.7. The van der Waals surface area contributed by atoms with E-state index in [0.717, 1.165) is 30.7 Å². The Balaban J connectivity index is 1.82. The summed E-state index contributed by atoms with van der Waals surface area (Å²) in [6.07, 6.45) is 2.98. The lowest BCUT2D eigenvalue weighted by molar-refractivity contribution is -0.136. The van der Waals surface area contributed by atoms with E-state index in [0.29, 0.717) is 49.0 Å². The standard InChI is InChI=1S/C29H42ClN5O4/c1-20(2)27-29(38)32(5)13-7-8-14-34(26(36)19-35-22(4)17-21(3)31-35)15-9-10-16-39-25-12-11-23(30)18-24(25)28(37)33(27)6/h11-12,17-18,20,27H,7-10,13-16,19H2,1-6H3/t27-/m0/s1. The van der Waals surface area contributed by atoms with Crippen molar-refractivity contribution in [3.8, 4) is 5.75 Å². The van der Waals surface area contributed by atoms with Gasteiger partial charge in [0.25, 0.3) is 5.91 Å². The number of likely N-dealkylation sites (N-methyl/N-ethyl adjacent to an activating group) is 2. The Morgan fingerprint density at radius 1 is 1.05 bits per heavy atom. The zero-order chi connectivity index (χ0) is 28.7. The number of carbonyl (C=O) groups is 3. The summed E-state index contributed by atoms with van der Waals surface area (Å²) >= 11 is 6.24. The molecular formula is C29H42ClN5O4. The number of carbonyl (C=O) groups excluding carboxylic acids is 3. The monoisotopic (exact) mass is 559 g/mol. The molecule has 1 aliphatic rings. The molecule has 0 N–H and O–H groups in total. The second-order valence-corrected chi connectivity index (χ2v) is 11.2. The van der Waals surface area contributed by atoms with Crippen molar-refractivity contribution in [1.82, 2.24) is 24.5 Å². The maximum atomic E-state index is 13.6. The fraction of sp³-hybridized carbons (Fsp3) is 0.586. The van der Waals surface area contributed by atoms with E-state index in [1.807, 2.05) is 38.7 Å². The first-order valence-electron chi connectivity index (χ1n) is 13.7. The summed E-state index contributed by atoms with van der Waals surface area (Å²) < 4.78 is 7.77. The van der Waals surface area contributed by atoms with Crippen LogP contribution in [-0.2, 0) is 16.1 Å². The predicted molar refractivity (Wildman–Crippen MR) is 152 cm³/mol. The third kappa shape index (κ3) is 7.97. The topological polar surface area (TPSA) is 88.0 Å². The van der Waals surface area contributed by atoms with Gasteiger partial charge < -0.3 is 19.4 Å². The van der Waals surface area contributed by atoms with Gasteiger partial charge in [0.15, 0.2) is 0 Å². The Labute approximate surface area is 237 Å². The molecule has 214 valence electrons. The highest BCUT2D eigenvalue weighted by Crippen LogP contribution is 2.26. The minimum atomic E-state index is -0.635. The Kier molecular flexibility index (Phi) is 10.8. The summed E-state index contributed by atoms with van der Waals surface area (Å²) in [4.78, 5) is 45.3. The predicted octanol–water partition coefficient (Wildman–Crippen LogP) is 4.19. The first-order chi connectivity index (χ1) is 18.5. The van der Waals surface area contributed by atoms with Gasteiger partial charge in [0, 0.05) is 44.4 Å². The van der Waals surface area contributed by atoms with Gasteiger partial charge in [-0.2, -0.15) is 5.10 Å². The number of ether oxygens (including phenoxy) is 1. The molecule has 39 heavy (non-hydrogen) atoms. The number of aryl methyl sites for hydroxylation is 2. The highest BCUT2D eigenvalue weighted by atomic mass is 35.5. The Morgan fingerprint density at radius 2 is 1.72 bits per heavy atom. The van der Waals surface area contributed by atoms with Gasteiger partial charge in [-0.05, 0) is 69.7 Å². The maximum absolute atomic E-state index is 13.6. The molecule has 0 spiro atoms. The summed E-state index contributed by atoms with van der Waals surface area (Å²) in [5.41, 5.74) is 2.18. The van der Waals surface area contributed by atoms with Crippen molar-refractivity contribution in [1.29, 1.82) is 0 Å². The minimum absolute atomic E-state index is 0.0246. The molecule has 10 heteroatoms. The number of hydrogen-bond acceptors (Lipinski definition) is 5. The van der Waals surface area contributed by atoms with Crippen molar-refractivity contribution >= 4 is 29.3 Å². The van der Waals surface area contributed by atoms with Gasteiger partial charge in [0.1, 0.15) is 18.3 Å².